The van der Waals surface area contributed by atoms with Crippen LogP contribution in [0.5, 0.6) is 5.75 Å². The summed E-state index contributed by atoms with van der Waals surface area (Å²) in [6, 6.07) is 10.4. The van der Waals surface area contributed by atoms with E-state index in [0.717, 1.165) is 27.6 Å². The molecule has 0 saturated heterocycles. The lowest BCUT2D eigenvalue weighted by atomic mass is 10.1. The maximum absolute atomic E-state index is 11.9. The fourth-order valence-electron chi connectivity index (χ4n) is 2.76. The number of nitrogens with one attached hydrogen (secondary N) is 2. The van der Waals surface area contributed by atoms with Gasteiger partial charge in [0.2, 0.25) is 5.91 Å². The van der Waals surface area contributed by atoms with Gasteiger partial charge in [0.1, 0.15) is 11.4 Å². The minimum atomic E-state index is -0.189. The number of phenolic OH excluding ortho intramolecular Hbond substituents is 1. The fraction of sp³-hybridized carbons (Fsp3) is 0.150. The standard InChI is InChI=1S/C20H19N3O3/c1-13-10-14(2-6-19(13)24)3-7-20(25)21-9-8-15-12-22-18-5-4-16(23-26)11-17(15)18/h2-7,10-12,22,24H,8-9H2,1H3,(H,21,25)/b7-3+. The molecule has 132 valence electrons. The van der Waals surface area contributed by atoms with Crippen molar-refractivity contribution in [1.29, 1.82) is 0 Å². The zero-order valence-corrected chi connectivity index (χ0v) is 14.3. The van der Waals surface area contributed by atoms with Gasteiger partial charge in [-0.25, -0.2) is 0 Å². The number of nitroso groups, excluding NO2 is 1. The maximum atomic E-state index is 11.9. The third-order valence-corrected chi connectivity index (χ3v) is 4.20. The van der Waals surface area contributed by atoms with Gasteiger partial charge in [0.15, 0.2) is 0 Å². The molecule has 0 unspecified atom stereocenters. The first-order valence-electron chi connectivity index (χ1n) is 8.26. The number of nitrogens with zero attached hydrogens (tertiary/aromatic N) is 1. The van der Waals surface area contributed by atoms with E-state index in [1.165, 1.54) is 6.08 Å². The molecule has 1 heterocycles. The monoisotopic (exact) mass is 349 g/mol. The highest BCUT2D eigenvalue weighted by Gasteiger charge is 2.05. The summed E-state index contributed by atoms with van der Waals surface area (Å²) >= 11 is 0. The third-order valence-electron chi connectivity index (χ3n) is 4.20. The van der Waals surface area contributed by atoms with Gasteiger partial charge in [-0.05, 0) is 71.6 Å². The molecule has 6 nitrogen and oxygen atoms in total. The highest BCUT2D eigenvalue weighted by molar-refractivity contribution is 5.92. The van der Waals surface area contributed by atoms with Crippen molar-refractivity contribution in [3.8, 4) is 5.75 Å². The Balaban J connectivity index is 1.57. The number of hydrogen-bond acceptors (Lipinski definition) is 4. The average molecular weight is 349 g/mol. The molecule has 3 rings (SSSR count). The predicted octanol–water partition coefficient (Wildman–Crippen LogP) is 3.95. The van der Waals surface area contributed by atoms with Crippen molar-refractivity contribution in [3.63, 3.8) is 0 Å². The van der Waals surface area contributed by atoms with Crippen molar-refractivity contribution in [2.24, 2.45) is 5.18 Å². The maximum Gasteiger partial charge on any atom is 0.244 e. The summed E-state index contributed by atoms with van der Waals surface area (Å²) in [5.74, 6) is 0.0454. The minimum Gasteiger partial charge on any atom is -0.508 e. The highest BCUT2D eigenvalue weighted by Crippen LogP contribution is 2.24. The van der Waals surface area contributed by atoms with Crippen LogP contribution in [0.2, 0.25) is 0 Å². The van der Waals surface area contributed by atoms with E-state index < -0.39 is 0 Å². The summed E-state index contributed by atoms with van der Waals surface area (Å²) in [7, 11) is 0. The first kappa shape index (κ1) is 17.4. The number of benzene rings is 2. The zero-order valence-electron chi connectivity index (χ0n) is 14.3. The molecule has 6 heteroatoms. The Bertz CT molecular complexity index is 989. The smallest absolute Gasteiger partial charge is 0.244 e. The van der Waals surface area contributed by atoms with Crippen molar-refractivity contribution in [3.05, 3.63) is 70.3 Å². The number of aromatic nitrogens is 1. The number of aromatic amines is 1. The Kier molecular flexibility index (Phi) is 5.12. The highest BCUT2D eigenvalue weighted by atomic mass is 16.3. The number of carbonyl (C=O) groups excluding carboxylic acids is 1. The van der Waals surface area contributed by atoms with Crippen LogP contribution >= 0.6 is 0 Å². The molecule has 0 aliphatic rings. The second kappa shape index (κ2) is 7.65. The summed E-state index contributed by atoms with van der Waals surface area (Å²) in [6.45, 7) is 2.28. The number of rotatable bonds is 6. The van der Waals surface area contributed by atoms with Gasteiger partial charge < -0.3 is 15.4 Å². The van der Waals surface area contributed by atoms with Crippen molar-refractivity contribution in [2.75, 3.05) is 6.54 Å². The Morgan fingerprint density at radius 1 is 1.27 bits per heavy atom. The topological polar surface area (TPSA) is 94.5 Å². The Labute approximate surface area is 150 Å². The second-order valence-corrected chi connectivity index (χ2v) is 6.06. The van der Waals surface area contributed by atoms with Crippen LogP contribution in [0.25, 0.3) is 17.0 Å². The molecule has 1 amide bonds. The van der Waals surface area contributed by atoms with E-state index in [-0.39, 0.29) is 11.7 Å². The van der Waals surface area contributed by atoms with E-state index in [9.17, 15) is 14.8 Å². The summed E-state index contributed by atoms with van der Waals surface area (Å²) in [5.41, 5.74) is 3.94. The predicted molar refractivity (Wildman–Crippen MR) is 102 cm³/mol. The summed E-state index contributed by atoms with van der Waals surface area (Å²) in [6.07, 6.45) is 5.69. The van der Waals surface area contributed by atoms with E-state index in [0.29, 0.717) is 18.7 Å². The first-order chi connectivity index (χ1) is 12.6. The second-order valence-electron chi connectivity index (χ2n) is 6.06. The molecule has 0 aliphatic heterocycles. The SMILES string of the molecule is Cc1cc(/C=C/C(=O)NCCc2c[nH]c3ccc(N=O)cc23)ccc1O. The van der Waals surface area contributed by atoms with Gasteiger partial charge in [0.25, 0.3) is 0 Å². The van der Waals surface area contributed by atoms with E-state index in [4.69, 9.17) is 0 Å². The van der Waals surface area contributed by atoms with Gasteiger partial charge >= 0.3 is 0 Å². The Hall–Kier alpha value is -3.41. The number of carbonyl (C=O) groups is 1. The van der Waals surface area contributed by atoms with Crippen LogP contribution in [0.15, 0.2) is 53.8 Å². The molecule has 3 N–H and O–H groups in total. The molecule has 0 aliphatic carbocycles. The number of H-pyrrole nitrogens is 1. The van der Waals surface area contributed by atoms with Crippen molar-refractivity contribution in [1.82, 2.24) is 10.3 Å². The van der Waals surface area contributed by atoms with Crippen LogP contribution in [0.4, 0.5) is 5.69 Å². The van der Waals surface area contributed by atoms with Crippen molar-refractivity contribution < 1.29 is 9.90 Å². The van der Waals surface area contributed by atoms with Gasteiger partial charge in [-0.3, -0.25) is 4.79 Å². The molecule has 0 spiro atoms. The Morgan fingerprint density at radius 2 is 2.12 bits per heavy atom. The average Bonchev–Trinajstić information content (AvgIpc) is 3.05. The lowest BCUT2D eigenvalue weighted by Gasteiger charge is -2.03. The van der Waals surface area contributed by atoms with Gasteiger partial charge in [-0.15, -0.1) is 4.91 Å². The summed E-state index contributed by atoms with van der Waals surface area (Å²) < 4.78 is 0. The molecule has 3 aromatic rings. The van der Waals surface area contributed by atoms with Crippen molar-refractivity contribution >= 4 is 28.6 Å². The van der Waals surface area contributed by atoms with Gasteiger partial charge in [-0.1, -0.05) is 6.07 Å². The third kappa shape index (κ3) is 3.97. The summed E-state index contributed by atoms with van der Waals surface area (Å²) in [5, 5.41) is 16.2. The lowest BCUT2D eigenvalue weighted by Crippen LogP contribution is -2.23. The van der Waals surface area contributed by atoms with Crippen LogP contribution in [0.1, 0.15) is 16.7 Å². The zero-order chi connectivity index (χ0) is 18.5. The van der Waals surface area contributed by atoms with E-state index >= 15 is 0 Å². The first-order valence-corrected chi connectivity index (χ1v) is 8.26. The summed E-state index contributed by atoms with van der Waals surface area (Å²) in [4.78, 5) is 25.8. The van der Waals surface area contributed by atoms with Crippen LogP contribution in [-0.4, -0.2) is 22.5 Å². The van der Waals surface area contributed by atoms with Crippen LogP contribution in [0.3, 0.4) is 0 Å². The molecule has 1 aromatic heterocycles. The molecule has 0 bridgehead atoms. The van der Waals surface area contributed by atoms with Gasteiger partial charge in [0.05, 0.1) is 0 Å². The molecule has 0 atom stereocenters. The number of aryl methyl sites for hydroxylation is 1. The number of fused-ring (bicyclic) bond motifs is 1. The molecule has 2 aromatic carbocycles. The van der Waals surface area contributed by atoms with Gasteiger partial charge in [-0.2, -0.15) is 0 Å². The molecule has 26 heavy (non-hydrogen) atoms. The van der Waals surface area contributed by atoms with Crippen LogP contribution in [-0.2, 0) is 11.2 Å². The quantitative estimate of drug-likeness (QED) is 0.464. The Morgan fingerprint density at radius 3 is 2.88 bits per heavy atom. The van der Waals surface area contributed by atoms with E-state index in [1.807, 2.05) is 18.3 Å². The molecule has 0 radical (unpaired) electrons. The largest absolute Gasteiger partial charge is 0.508 e. The number of phenols is 1. The van der Waals surface area contributed by atoms with Crippen LogP contribution in [0, 0.1) is 11.8 Å². The van der Waals surface area contributed by atoms with Crippen molar-refractivity contribution in [2.45, 2.75) is 13.3 Å². The molecular weight excluding hydrogens is 330 g/mol. The number of amides is 1. The molecule has 0 saturated carbocycles. The lowest BCUT2D eigenvalue weighted by molar-refractivity contribution is -0.116. The normalized spacial score (nSPS) is 11.1. The molecule has 0 fully saturated rings. The minimum absolute atomic E-state index is 0.189. The van der Waals surface area contributed by atoms with Gasteiger partial charge in [0, 0.05) is 29.7 Å². The number of aromatic hydroxyl groups is 1. The fourth-order valence-corrected chi connectivity index (χ4v) is 2.76. The van der Waals surface area contributed by atoms with Crippen LogP contribution < -0.4 is 5.32 Å². The van der Waals surface area contributed by atoms with E-state index in [2.05, 4.69) is 15.5 Å². The molecular formula is C20H19N3O3. The number of hydrogen-bond donors (Lipinski definition) is 3. The van der Waals surface area contributed by atoms with E-state index in [1.54, 1.807) is 37.3 Å².